The summed E-state index contributed by atoms with van der Waals surface area (Å²) in [5, 5.41) is 0. The molecule has 1 saturated heterocycles. The lowest BCUT2D eigenvalue weighted by Gasteiger charge is -2.46. The topological polar surface area (TPSA) is 76.2 Å². The SMILES string of the molecule is CN1C(=O)c2ccccc2N2C(=O)CCC12C(=O)OCc1ccccc1OC(F)F. The van der Waals surface area contributed by atoms with Gasteiger partial charge in [0, 0.05) is 25.5 Å². The Morgan fingerprint density at radius 2 is 1.83 bits per heavy atom. The number of para-hydroxylation sites is 2. The Hall–Kier alpha value is -3.49. The van der Waals surface area contributed by atoms with Crippen LogP contribution in [0.1, 0.15) is 28.8 Å². The molecule has 0 aliphatic carbocycles. The summed E-state index contributed by atoms with van der Waals surface area (Å²) in [6.07, 6.45) is 0.128. The van der Waals surface area contributed by atoms with Crippen LogP contribution >= 0.6 is 0 Å². The molecule has 2 aliphatic rings. The van der Waals surface area contributed by atoms with Crippen LogP contribution in [-0.2, 0) is 20.9 Å². The monoisotopic (exact) mass is 416 g/mol. The van der Waals surface area contributed by atoms with Crippen LogP contribution in [0.4, 0.5) is 14.5 Å². The lowest BCUT2D eigenvalue weighted by molar-refractivity contribution is -0.158. The second-order valence-corrected chi connectivity index (χ2v) is 6.99. The maximum absolute atomic E-state index is 13.2. The molecule has 4 rings (SSSR count). The highest BCUT2D eigenvalue weighted by Crippen LogP contribution is 2.44. The summed E-state index contributed by atoms with van der Waals surface area (Å²) in [4.78, 5) is 41.3. The minimum absolute atomic E-state index is 0.0616. The zero-order chi connectivity index (χ0) is 21.5. The molecule has 2 aromatic rings. The molecule has 0 radical (unpaired) electrons. The Kier molecular flexibility index (Phi) is 4.89. The molecule has 2 aromatic carbocycles. The number of amides is 2. The summed E-state index contributed by atoms with van der Waals surface area (Å²) in [5.74, 6) is -1.64. The minimum atomic E-state index is -3.03. The second-order valence-electron chi connectivity index (χ2n) is 6.99. The van der Waals surface area contributed by atoms with Crippen LogP contribution in [-0.4, -0.2) is 42.0 Å². The number of alkyl halides is 2. The van der Waals surface area contributed by atoms with Crippen molar-refractivity contribution in [3.05, 3.63) is 59.7 Å². The van der Waals surface area contributed by atoms with Crippen LogP contribution in [0.25, 0.3) is 0 Å². The van der Waals surface area contributed by atoms with E-state index in [4.69, 9.17) is 4.74 Å². The summed E-state index contributed by atoms with van der Waals surface area (Å²) in [5.41, 5.74) is -0.722. The third-order valence-electron chi connectivity index (χ3n) is 5.42. The van der Waals surface area contributed by atoms with Gasteiger partial charge in [-0.2, -0.15) is 8.78 Å². The van der Waals surface area contributed by atoms with E-state index in [1.54, 1.807) is 30.3 Å². The van der Waals surface area contributed by atoms with E-state index < -0.39 is 24.2 Å². The van der Waals surface area contributed by atoms with Crippen LogP contribution in [0.5, 0.6) is 5.75 Å². The van der Waals surface area contributed by atoms with E-state index >= 15 is 0 Å². The largest absolute Gasteiger partial charge is 0.458 e. The standard InChI is InChI=1S/C21H18F2N2O5/c1-24-18(27)14-7-3-4-8-15(14)25-17(26)10-11-21(24,25)19(28)29-12-13-6-2-5-9-16(13)30-20(22)23/h2-9,20H,10-12H2,1H3. The molecule has 1 fully saturated rings. The Morgan fingerprint density at radius 1 is 1.13 bits per heavy atom. The van der Waals surface area contributed by atoms with Crippen molar-refractivity contribution in [2.45, 2.75) is 31.7 Å². The molecule has 1 atom stereocenters. The van der Waals surface area contributed by atoms with Crippen molar-refractivity contribution in [1.82, 2.24) is 4.90 Å². The first-order chi connectivity index (χ1) is 14.4. The molecule has 0 N–H and O–H groups in total. The number of hydrogen-bond acceptors (Lipinski definition) is 5. The van der Waals surface area contributed by atoms with E-state index in [2.05, 4.69) is 4.74 Å². The molecule has 2 amide bonds. The van der Waals surface area contributed by atoms with Gasteiger partial charge in [0.15, 0.2) is 0 Å². The van der Waals surface area contributed by atoms with Gasteiger partial charge in [0.05, 0.1) is 11.3 Å². The normalized spacial score (nSPS) is 20.3. The molecular formula is C21H18F2N2O5. The maximum Gasteiger partial charge on any atom is 0.387 e. The van der Waals surface area contributed by atoms with E-state index in [1.165, 1.54) is 35.0 Å². The fraction of sp³-hybridized carbons (Fsp3) is 0.286. The number of benzene rings is 2. The van der Waals surface area contributed by atoms with Gasteiger partial charge in [0.1, 0.15) is 12.4 Å². The van der Waals surface area contributed by atoms with Gasteiger partial charge in [-0.3, -0.25) is 14.5 Å². The van der Waals surface area contributed by atoms with E-state index in [9.17, 15) is 23.2 Å². The van der Waals surface area contributed by atoms with Crippen LogP contribution in [0, 0.1) is 0 Å². The molecule has 156 valence electrons. The van der Waals surface area contributed by atoms with Gasteiger partial charge in [0.25, 0.3) is 5.91 Å². The number of hydrogen-bond donors (Lipinski definition) is 0. The lowest BCUT2D eigenvalue weighted by Crippen LogP contribution is -2.67. The molecule has 9 heteroatoms. The van der Waals surface area contributed by atoms with Crippen LogP contribution in [0.3, 0.4) is 0 Å². The molecule has 0 bridgehead atoms. The first kappa shape index (κ1) is 19.8. The summed E-state index contributed by atoms with van der Waals surface area (Å²) in [6.45, 7) is -3.38. The van der Waals surface area contributed by atoms with Crippen LogP contribution in [0.15, 0.2) is 48.5 Å². The molecule has 1 unspecified atom stereocenters. The van der Waals surface area contributed by atoms with Crippen molar-refractivity contribution in [2.24, 2.45) is 0 Å². The van der Waals surface area contributed by atoms with Crippen LogP contribution < -0.4 is 9.64 Å². The first-order valence-corrected chi connectivity index (χ1v) is 9.26. The lowest BCUT2D eigenvalue weighted by atomic mass is 9.97. The summed E-state index contributed by atoms with van der Waals surface area (Å²) in [6, 6.07) is 12.5. The number of esters is 1. The molecule has 30 heavy (non-hydrogen) atoms. The van der Waals surface area contributed by atoms with Crippen molar-refractivity contribution in [3.63, 3.8) is 0 Å². The molecule has 0 saturated carbocycles. The third-order valence-corrected chi connectivity index (χ3v) is 5.42. The van der Waals surface area contributed by atoms with Crippen molar-refractivity contribution in [3.8, 4) is 5.75 Å². The fourth-order valence-electron chi connectivity index (χ4n) is 3.98. The third kappa shape index (κ3) is 2.97. The maximum atomic E-state index is 13.2. The average Bonchev–Trinajstić information content (AvgIpc) is 3.09. The summed E-state index contributed by atoms with van der Waals surface area (Å²) < 4.78 is 35.1. The fourth-order valence-corrected chi connectivity index (χ4v) is 3.98. The highest BCUT2D eigenvalue weighted by atomic mass is 19.3. The summed E-state index contributed by atoms with van der Waals surface area (Å²) >= 11 is 0. The molecule has 0 aromatic heterocycles. The average molecular weight is 416 g/mol. The van der Waals surface area contributed by atoms with Gasteiger partial charge in [0.2, 0.25) is 11.6 Å². The van der Waals surface area contributed by atoms with Gasteiger partial charge < -0.3 is 14.4 Å². The van der Waals surface area contributed by atoms with Gasteiger partial charge in [-0.25, -0.2) is 4.79 Å². The van der Waals surface area contributed by atoms with E-state index in [-0.39, 0.29) is 36.7 Å². The van der Waals surface area contributed by atoms with Crippen molar-refractivity contribution in [1.29, 1.82) is 0 Å². The highest BCUT2D eigenvalue weighted by molar-refractivity contribution is 6.15. The molecule has 2 heterocycles. The Morgan fingerprint density at radius 3 is 2.60 bits per heavy atom. The number of rotatable bonds is 5. The van der Waals surface area contributed by atoms with Crippen LogP contribution in [0.2, 0.25) is 0 Å². The predicted octanol–water partition coefficient (Wildman–Crippen LogP) is 2.94. The Labute approximate surface area is 170 Å². The number of carbonyl (C=O) groups is 3. The smallest absolute Gasteiger partial charge is 0.387 e. The molecular weight excluding hydrogens is 398 g/mol. The quantitative estimate of drug-likeness (QED) is 0.701. The molecule has 7 nitrogen and oxygen atoms in total. The van der Waals surface area contributed by atoms with Gasteiger partial charge >= 0.3 is 12.6 Å². The highest BCUT2D eigenvalue weighted by Gasteiger charge is 2.60. The number of halogens is 2. The number of ether oxygens (including phenoxy) is 2. The van der Waals surface area contributed by atoms with Crippen molar-refractivity contribution < 1.29 is 32.6 Å². The summed E-state index contributed by atoms with van der Waals surface area (Å²) in [7, 11) is 1.44. The van der Waals surface area contributed by atoms with E-state index in [0.717, 1.165) is 0 Å². The Balaban J connectivity index is 1.65. The molecule has 0 spiro atoms. The van der Waals surface area contributed by atoms with Gasteiger partial charge in [-0.15, -0.1) is 0 Å². The number of nitrogens with zero attached hydrogens (tertiary/aromatic N) is 2. The number of anilines is 1. The minimum Gasteiger partial charge on any atom is -0.458 e. The predicted molar refractivity (Wildman–Crippen MR) is 101 cm³/mol. The Bertz CT molecular complexity index is 1030. The van der Waals surface area contributed by atoms with E-state index in [1.807, 2.05) is 0 Å². The zero-order valence-corrected chi connectivity index (χ0v) is 16.0. The van der Waals surface area contributed by atoms with E-state index in [0.29, 0.717) is 11.3 Å². The van der Waals surface area contributed by atoms with Gasteiger partial charge in [-0.05, 0) is 18.2 Å². The van der Waals surface area contributed by atoms with Crippen molar-refractivity contribution in [2.75, 3.05) is 11.9 Å². The van der Waals surface area contributed by atoms with Crippen molar-refractivity contribution >= 4 is 23.5 Å². The second kappa shape index (κ2) is 7.40. The number of fused-ring (bicyclic) bond motifs is 3. The number of likely N-dealkylation sites (N-methyl/N-ethyl adjacent to an activating group) is 1. The molecule has 2 aliphatic heterocycles. The van der Waals surface area contributed by atoms with Gasteiger partial charge in [-0.1, -0.05) is 30.3 Å². The zero-order valence-electron chi connectivity index (χ0n) is 16.0. The number of carbonyl (C=O) groups excluding carboxylic acids is 3. The first-order valence-electron chi connectivity index (χ1n) is 9.26.